The van der Waals surface area contributed by atoms with Crippen LogP contribution in [0.2, 0.25) is 0 Å². The fraction of sp³-hybridized carbons (Fsp3) is 0.250. The lowest BCUT2D eigenvalue weighted by molar-refractivity contribution is 0.345. The van der Waals surface area contributed by atoms with E-state index in [0.717, 1.165) is 11.1 Å². The summed E-state index contributed by atoms with van der Waals surface area (Å²) in [7, 11) is 0. The van der Waals surface area contributed by atoms with Gasteiger partial charge < -0.3 is 4.74 Å². The third-order valence-electron chi connectivity index (χ3n) is 2.76. The van der Waals surface area contributed by atoms with Crippen LogP contribution < -0.4 is 4.74 Å². The first kappa shape index (κ1) is 13.2. The van der Waals surface area contributed by atoms with E-state index in [2.05, 4.69) is 60.1 Å². The number of aryl methyl sites for hydroxylation is 2. The average Bonchev–Trinajstić information content (AvgIpc) is 2.36. The lowest BCUT2D eigenvalue weighted by atomic mass is 10.0. The maximum absolute atomic E-state index is 5.55. The second-order valence-electron chi connectivity index (χ2n) is 4.44. The van der Waals surface area contributed by atoms with Gasteiger partial charge >= 0.3 is 0 Å². The molecule has 2 aromatic rings. The summed E-state index contributed by atoms with van der Waals surface area (Å²) in [5.41, 5.74) is 5.08. The first-order valence-corrected chi connectivity index (χ1v) is 7.18. The van der Waals surface area contributed by atoms with E-state index in [1.54, 1.807) is 0 Å². The van der Waals surface area contributed by atoms with Gasteiger partial charge in [-0.1, -0.05) is 57.4 Å². The molecule has 0 saturated carbocycles. The predicted molar refractivity (Wildman–Crippen MR) is 80.6 cm³/mol. The Morgan fingerprint density at radius 2 is 1.50 bits per heavy atom. The first-order valence-electron chi connectivity index (χ1n) is 6.06. The molecule has 0 heterocycles. The van der Waals surface area contributed by atoms with Crippen molar-refractivity contribution in [3.63, 3.8) is 0 Å². The highest BCUT2D eigenvalue weighted by molar-refractivity contribution is 9.09. The van der Waals surface area contributed by atoms with Crippen molar-refractivity contribution in [1.29, 1.82) is 0 Å². The molecule has 0 aliphatic rings. The fourth-order valence-electron chi connectivity index (χ4n) is 2.04. The zero-order valence-electron chi connectivity index (χ0n) is 10.7. The molecule has 0 N–H and O–H groups in total. The smallest absolute Gasteiger partial charge is 0.119 e. The topological polar surface area (TPSA) is 9.23 Å². The highest BCUT2D eigenvalue weighted by atomic mass is 79.9. The fourth-order valence-corrected chi connectivity index (χ4v) is 2.20. The number of hydrogen-bond donors (Lipinski definition) is 0. The third kappa shape index (κ3) is 3.36. The summed E-state index contributed by atoms with van der Waals surface area (Å²) < 4.78 is 5.55. The van der Waals surface area contributed by atoms with Crippen molar-refractivity contribution < 1.29 is 4.74 Å². The van der Waals surface area contributed by atoms with Crippen LogP contribution in [0.5, 0.6) is 5.75 Å². The molecule has 0 atom stereocenters. The second-order valence-corrected chi connectivity index (χ2v) is 5.23. The van der Waals surface area contributed by atoms with Gasteiger partial charge in [-0.15, -0.1) is 0 Å². The summed E-state index contributed by atoms with van der Waals surface area (Å²) in [6.07, 6.45) is 0. The maximum atomic E-state index is 5.55. The highest BCUT2D eigenvalue weighted by Crippen LogP contribution is 2.24. The zero-order chi connectivity index (χ0) is 13.0. The number of hydrogen-bond acceptors (Lipinski definition) is 1. The van der Waals surface area contributed by atoms with Crippen molar-refractivity contribution in [3.05, 3.63) is 53.6 Å². The Kier molecular flexibility index (Phi) is 4.43. The predicted octanol–water partition coefficient (Wildman–Crippen LogP) is 4.74. The summed E-state index contributed by atoms with van der Waals surface area (Å²) >= 11 is 3.35. The second kappa shape index (κ2) is 6.05. The van der Waals surface area contributed by atoms with E-state index < -0.39 is 0 Å². The third-order valence-corrected chi connectivity index (χ3v) is 3.08. The first-order chi connectivity index (χ1) is 8.69. The summed E-state index contributed by atoms with van der Waals surface area (Å²) in [5, 5.41) is 0.853. The summed E-state index contributed by atoms with van der Waals surface area (Å²) in [6.45, 7) is 4.96. The molecule has 18 heavy (non-hydrogen) atoms. The molecule has 2 heteroatoms. The van der Waals surface area contributed by atoms with Gasteiger partial charge in [-0.2, -0.15) is 0 Å². The normalized spacial score (nSPS) is 10.4. The standard InChI is InChI=1S/C16H17BrO/c1-12-9-13(2)11-15(10-12)14-3-5-16(6-4-14)18-8-7-17/h3-6,9-11H,7-8H2,1-2H3. The average molecular weight is 305 g/mol. The molecule has 0 saturated heterocycles. The van der Waals surface area contributed by atoms with Gasteiger partial charge in [-0.25, -0.2) is 0 Å². The molecule has 0 bridgehead atoms. The largest absolute Gasteiger partial charge is 0.493 e. The Bertz CT molecular complexity index is 497. The van der Waals surface area contributed by atoms with Gasteiger partial charge in [0, 0.05) is 5.33 Å². The Labute approximate surface area is 117 Å². The minimum absolute atomic E-state index is 0.697. The molecule has 0 amide bonds. The van der Waals surface area contributed by atoms with Crippen molar-refractivity contribution >= 4 is 15.9 Å². The van der Waals surface area contributed by atoms with E-state index >= 15 is 0 Å². The number of alkyl halides is 1. The highest BCUT2D eigenvalue weighted by Gasteiger charge is 2.00. The molecule has 0 radical (unpaired) electrons. The number of rotatable bonds is 4. The minimum Gasteiger partial charge on any atom is -0.493 e. The molecule has 2 aromatic carbocycles. The molecular weight excluding hydrogens is 288 g/mol. The van der Waals surface area contributed by atoms with Gasteiger partial charge in [0.25, 0.3) is 0 Å². The molecule has 0 spiro atoms. The number of halogens is 1. The Balaban J connectivity index is 2.23. The van der Waals surface area contributed by atoms with Crippen LogP contribution in [0, 0.1) is 13.8 Å². The van der Waals surface area contributed by atoms with Gasteiger partial charge in [0.15, 0.2) is 0 Å². The minimum atomic E-state index is 0.697. The van der Waals surface area contributed by atoms with E-state index in [-0.39, 0.29) is 0 Å². The van der Waals surface area contributed by atoms with Crippen molar-refractivity contribution in [3.8, 4) is 16.9 Å². The van der Waals surface area contributed by atoms with Crippen LogP contribution >= 0.6 is 15.9 Å². The van der Waals surface area contributed by atoms with E-state index in [0.29, 0.717) is 6.61 Å². The van der Waals surface area contributed by atoms with Crippen molar-refractivity contribution in [2.75, 3.05) is 11.9 Å². The summed E-state index contributed by atoms with van der Waals surface area (Å²) in [4.78, 5) is 0. The Morgan fingerprint density at radius 1 is 0.889 bits per heavy atom. The lowest BCUT2D eigenvalue weighted by Crippen LogP contribution is -1.97. The molecule has 0 fully saturated rings. The van der Waals surface area contributed by atoms with Gasteiger partial charge in [0.05, 0.1) is 6.61 Å². The quantitative estimate of drug-likeness (QED) is 0.741. The molecule has 0 unspecified atom stereocenters. The van der Waals surface area contributed by atoms with E-state index in [1.165, 1.54) is 22.3 Å². The molecule has 0 aliphatic carbocycles. The van der Waals surface area contributed by atoms with Crippen LogP contribution in [0.1, 0.15) is 11.1 Å². The van der Waals surface area contributed by atoms with Gasteiger partial charge in [-0.05, 0) is 37.1 Å². The molecule has 2 rings (SSSR count). The zero-order valence-corrected chi connectivity index (χ0v) is 12.3. The molecule has 0 aliphatic heterocycles. The van der Waals surface area contributed by atoms with Crippen LogP contribution in [0.3, 0.4) is 0 Å². The van der Waals surface area contributed by atoms with E-state index in [4.69, 9.17) is 4.74 Å². The van der Waals surface area contributed by atoms with Gasteiger partial charge in [0.2, 0.25) is 0 Å². The van der Waals surface area contributed by atoms with Crippen LogP contribution in [0.15, 0.2) is 42.5 Å². The molecule has 1 nitrogen and oxygen atoms in total. The van der Waals surface area contributed by atoms with Crippen molar-refractivity contribution in [2.24, 2.45) is 0 Å². The van der Waals surface area contributed by atoms with Crippen LogP contribution in [-0.2, 0) is 0 Å². The Hall–Kier alpha value is -1.28. The SMILES string of the molecule is Cc1cc(C)cc(-c2ccc(OCCBr)cc2)c1. The van der Waals surface area contributed by atoms with Crippen LogP contribution in [0.25, 0.3) is 11.1 Å². The number of ether oxygens (including phenoxy) is 1. The molecular formula is C16H17BrO. The van der Waals surface area contributed by atoms with Crippen LogP contribution in [-0.4, -0.2) is 11.9 Å². The van der Waals surface area contributed by atoms with E-state index in [1.807, 2.05) is 12.1 Å². The summed E-state index contributed by atoms with van der Waals surface area (Å²) in [5.74, 6) is 0.919. The van der Waals surface area contributed by atoms with Crippen molar-refractivity contribution in [2.45, 2.75) is 13.8 Å². The maximum Gasteiger partial charge on any atom is 0.119 e. The molecule has 0 aromatic heterocycles. The monoisotopic (exact) mass is 304 g/mol. The number of benzene rings is 2. The van der Waals surface area contributed by atoms with Gasteiger partial charge in [0.1, 0.15) is 5.75 Å². The van der Waals surface area contributed by atoms with Crippen LogP contribution in [0.4, 0.5) is 0 Å². The lowest BCUT2D eigenvalue weighted by Gasteiger charge is -2.07. The molecule has 94 valence electrons. The Morgan fingerprint density at radius 3 is 2.06 bits per heavy atom. The van der Waals surface area contributed by atoms with E-state index in [9.17, 15) is 0 Å². The van der Waals surface area contributed by atoms with Crippen molar-refractivity contribution in [1.82, 2.24) is 0 Å². The van der Waals surface area contributed by atoms with Gasteiger partial charge in [-0.3, -0.25) is 0 Å². The summed E-state index contributed by atoms with van der Waals surface area (Å²) in [6, 6.07) is 14.9.